The third-order valence-corrected chi connectivity index (χ3v) is 6.63. The van der Waals surface area contributed by atoms with Gasteiger partial charge in [0.1, 0.15) is 11.6 Å². The number of nitrogens with one attached hydrogen (secondary N) is 2. The number of carbonyl (C=O) groups is 2. The first-order valence-electron chi connectivity index (χ1n) is 10.4. The molecule has 1 aromatic heterocycles. The van der Waals surface area contributed by atoms with Crippen LogP contribution in [0.15, 0.2) is 76.4 Å². The summed E-state index contributed by atoms with van der Waals surface area (Å²) in [6.07, 6.45) is 0. The van der Waals surface area contributed by atoms with Crippen molar-refractivity contribution in [3.8, 4) is 5.69 Å². The van der Waals surface area contributed by atoms with Crippen molar-refractivity contribution in [2.45, 2.75) is 11.7 Å². The highest BCUT2D eigenvalue weighted by Crippen LogP contribution is 2.25. The molecule has 7 nitrogen and oxygen atoms in total. The molecule has 3 aromatic carbocycles. The van der Waals surface area contributed by atoms with E-state index < -0.39 is 23.4 Å². The molecule has 0 spiro atoms. The number of carbonyl (C=O) groups excluding carboxylic acids is 2. The smallest absolute Gasteiger partial charge is 0.256 e. The number of rotatable bonds is 8. The lowest BCUT2D eigenvalue weighted by atomic mass is 10.2. The van der Waals surface area contributed by atoms with E-state index in [1.54, 1.807) is 22.8 Å². The van der Waals surface area contributed by atoms with Crippen molar-refractivity contribution in [2.75, 3.05) is 11.1 Å². The van der Waals surface area contributed by atoms with Gasteiger partial charge < -0.3 is 10.6 Å². The van der Waals surface area contributed by atoms with Crippen LogP contribution >= 0.6 is 39.3 Å². The monoisotopic (exact) mass is 591 g/mol. The van der Waals surface area contributed by atoms with Gasteiger partial charge in [0.15, 0.2) is 11.0 Å². The molecular formula is C24H17BrClF2N5O2S. The van der Waals surface area contributed by atoms with Crippen LogP contribution in [0, 0.1) is 11.6 Å². The fraction of sp³-hybridized carbons (Fsp3) is 0.0833. The van der Waals surface area contributed by atoms with E-state index in [-0.39, 0.29) is 28.6 Å². The molecule has 12 heteroatoms. The van der Waals surface area contributed by atoms with Gasteiger partial charge in [0.05, 0.1) is 28.6 Å². The Morgan fingerprint density at radius 3 is 2.42 bits per heavy atom. The van der Waals surface area contributed by atoms with Crippen molar-refractivity contribution in [3.05, 3.63) is 99.2 Å². The maximum atomic E-state index is 14.1. The van der Waals surface area contributed by atoms with Gasteiger partial charge in [0.2, 0.25) is 5.91 Å². The first-order chi connectivity index (χ1) is 17.3. The number of benzene rings is 3. The van der Waals surface area contributed by atoms with Crippen molar-refractivity contribution in [3.63, 3.8) is 0 Å². The molecule has 2 N–H and O–H groups in total. The minimum atomic E-state index is -0.744. The minimum Gasteiger partial charge on any atom is -0.345 e. The van der Waals surface area contributed by atoms with Crippen LogP contribution in [0.25, 0.3) is 5.69 Å². The SMILES string of the molecule is O=C(CSc1nnc(CNC(=O)c2c(F)cccc2Cl)n1-c1ccc(Br)cc1)Nc1ccccc1F. The van der Waals surface area contributed by atoms with Crippen LogP contribution in [0.3, 0.4) is 0 Å². The highest BCUT2D eigenvalue weighted by atomic mass is 79.9. The zero-order valence-electron chi connectivity index (χ0n) is 18.3. The second-order valence-corrected chi connectivity index (χ2v) is 9.57. The third kappa shape index (κ3) is 6.10. The molecule has 0 aliphatic heterocycles. The van der Waals surface area contributed by atoms with Gasteiger partial charge in [0.25, 0.3) is 5.91 Å². The van der Waals surface area contributed by atoms with Gasteiger partial charge in [-0.05, 0) is 48.5 Å². The molecule has 184 valence electrons. The quantitative estimate of drug-likeness (QED) is 0.259. The van der Waals surface area contributed by atoms with Crippen LogP contribution in [-0.4, -0.2) is 32.3 Å². The number of halogens is 4. The van der Waals surface area contributed by atoms with E-state index in [0.717, 1.165) is 22.3 Å². The largest absolute Gasteiger partial charge is 0.345 e. The fourth-order valence-electron chi connectivity index (χ4n) is 3.20. The first kappa shape index (κ1) is 25.8. The van der Waals surface area contributed by atoms with Crippen LogP contribution in [0.4, 0.5) is 14.5 Å². The maximum absolute atomic E-state index is 14.1. The molecule has 0 fully saturated rings. The lowest BCUT2D eigenvalue weighted by molar-refractivity contribution is -0.113. The molecule has 0 radical (unpaired) electrons. The second kappa shape index (κ2) is 11.6. The molecule has 4 aromatic rings. The minimum absolute atomic E-state index is 0.0148. The normalized spacial score (nSPS) is 10.8. The summed E-state index contributed by atoms with van der Waals surface area (Å²) in [6, 6.07) is 17.1. The van der Waals surface area contributed by atoms with Crippen molar-refractivity contribution < 1.29 is 18.4 Å². The number of hydrogen-bond donors (Lipinski definition) is 2. The van der Waals surface area contributed by atoms with Crippen molar-refractivity contribution in [1.82, 2.24) is 20.1 Å². The Balaban J connectivity index is 1.53. The predicted molar refractivity (Wildman–Crippen MR) is 137 cm³/mol. The molecular weight excluding hydrogens is 576 g/mol. The molecule has 2 amide bonds. The molecule has 4 rings (SSSR count). The zero-order valence-corrected chi connectivity index (χ0v) is 21.5. The van der Waals surface area contributed by atoms with Crippen LogP contribution in [-0.2, 0) is 11.3 Å². The molecule has 0 unspecified atom stereocenters. The second-order valence-electron chi connectivity index (χ2n) is 7.31. The number of thioether (sulfide) groups is 1. The van der Waals surface area contributed by atoms with Crippen LogP contribution in [0.1, 0.15) is 16.2 Å². The van der Waals surface area contributed by atoms with E-state index in [1.165, 1.54) is 30.3 Å². The Morgan fingerprint density at radius 2 is 1.69 bits per heavy atom. The topological polar surface area (TPSA) is 88.9 Å². The number of amides is 2. The molecule has 0 bridgehead atoms. The average molecular weight is 593 g/mol. The van der Waals surface area contributed by atoms with E-state index in [0.29, 0.717) is 16.7 Å². The molecule has 0 atom stereocenters. The standard InChI is InChI=1S/C24H17BrClF2N5O2S/c25-14-8-10-15(11-9-14)33-20(12-29-23(35)22-16(26)4-3-6-18(22)28)31-32-24(33)36-13-21(34)30-19-7-2-1-5-17(19)27/h1-11H,12-13H2,(H,29,35)(H,30,34). The van der Waals surface area contributed by atoms with E-state index in [2.05, 4.69) is 36.8 Å². The molecule has 0 aliphatic rings. The lowest BCUT2D eigenvalue weighted by Crippen LogP contribution is -2.26. The molecule has 0 saturated heterocycles. The summed E-state index contributed by atoms with van der Waals surface area (Å²) in [5.41, 5.74) is 0.481. The zero-order chi connectivity index (χ0) is 25.7. The summed E-state index contributed by atoms with van der Waals surface area (Å²) < 4.78 is 30.5. The highest BCUT2D eigenvalue weighted by Gasteiger charge is 2.20. The summed E-state index contributed by atoms with van der Waals surface area (Å²) in [4.78, 5) is 25.0. The van der Waals surface area contributed by atoms with Crippen LogP contribution < -0.4 is 10.6 Å². The van der Waals surface area contributed by atoms with Crippen LogP contribution in [0.5, 0.6) is 0 Å². The summed E-state index contributed by atoms with van der Waals surface area (Å²) in [5.74, 6) is -2.15. The van der Waals surface area contributed by atoms with Gasteiger partial charge in [0, 0.05) is 10.2 Å². The van der Waals surface area contributed by atoms with E-state index in [9.17, 15) is 18.4 Å². The fourth-order valence-corrected chi connectivity index (χ4v) is 4.48. The van der Waals surface area contributed by atoms with Crippen molar-refractivity contribution in [2.24, 2.45) is 0 Å². The average Bonchev–Trinajstić information content (AvgIpc) is 3.26. The van der Waals surface area contributed by atoms with E-state index >= 15 is 0 Å². The predicted octanol–water partition coefficient (Wildman–Crippen LogP) is 5.62. The summed E-state index contributed by atoms with van der Waals surface area (Å²) in [7, 11) is 0. The number of hydrogen-bond acceptors (Lipinski definition) is 5. The van der Waals surface area contributed by atoms with E-state index in [4.69, 9.17) is 11.6 Å². The Labute approximate surface area is 222 Å². The number of nitrogens with zero attached hydrogens (tertiary/aromatic N) is 3. The van der Waals surface area contributed by atoms with Gasteiger partial charge in [-0.15, -0.1) is 10.2 Å². The molecule has 0 aliphatic carbocycles. The Bertz CT molecular complexity index is 1400. The van der Waals surface area contributed by atoms with Crippen LogP contribution in [0.2, 0.25) is 5.02 Å². The lowest BCUT2D eigenvalue weighted by Gasteiger charge is -2.12. The molecule has 36 heavy (non-hydrogen) atoms. The summed E-state index contributed by atoms with van der Waals surface area (Å²) >= 11 is 10.5. The number of aromatic nitrogens is 3. The maximum Gasteiger partial charge on any atom is 0.256 e. The molecule has 0 saturated carbocycles. The third-order valence-electron chi connectivity index (χ3n) is 4.86. The Morgan fingerprint density at radius 1 is 0.972 bits per heavy atom. The number of anilines is 1. The summed E-state index contributed by atoms with van der Waals surface area (Å²) in [5, 5.41) is 13.8. The highest BCUT2D eigenvalue weighted by molar-refractivity contribution is 9.10. The van der Waals surface area contributed by atoms with Crippen molar-refractivity contribution in [1.29, 1.82) is 0 Å². The first-order valence-corrected chi connectivity index (χ1v) is 12.6. The van der Waals surface area contributed by atoms with Gasteiger partial charge >= 0.3 is 0 Å². The van der Waals surface area contributed by atoms with Gasteiger partial charge in [-0.25, -0.2) is 8.78 Å². The number of para-hydroxylation sites is 1. The van der Waals surface area contributed by atoms with Gasteiger partial charge in [-0.1, -0.05) is 57.5 Å². The molecule has 1 heterocycles. The Hall–Kier alpha value is -3.28. The Kier molecular flexibility index (Phi) is 8.34. The van der Waals surface area contributed by atoms with Gasteiger partial charge in [-0.3, -0.25) is 14.2 Å². The van der Waals surface area contributed by atoms with E-state index in [1.807, 2.05) is 12.1 Å². The summed E-state index contributed by atoms with van der Waals surface area (Å²) in [6.45, 7) is -0.0887. The van der Waals surface area contributed by atoms with Crippen molar-refractivity contribution >= 4 is 56.8 Å². The van der Waals surface area contributed by atoms with Gasteiger partial charge in [-0.2, -0.15) is 0 Å².